The van der Waals surface area contributed by atoms with Crippen molar-refractivity contribution in [2.24, 2.45) is 5.92 Å². The van der Waals surface area contributed by atoms with Gasteiger partial charge in [0.25, 0.3) is 0 Å². The molecule has 0 radical (unpaired) electrons. The van der Waals surface area contributed by atoms with Gasteiger partial charge in [0, 0.05) is 25.9 Å². The number of aromatic nitrogens is 2. The van der Waals surface area contributed by atoms with E-state index < -0.39 is 0 Å². The van der Waals surface area contributed by atoms with E-state index in [-0.39, 0.29) is 0 Å². The molecule has 1 heterocycles. The van der Waals surface area contributed by atoms with Crippen LogP contribution in [0.15, 0.2) is 0 Å². The highest BCUT2D eigenvalue weighted by atomic mass is 16.5. The quantitative estimate of drug-likeness (QED) is 0.743. The van der Waals surface area contributed by atoms with E-state index >= 15 is 0 Å². The summed E-state index contributed by atoms with van der Waals surface area (Å²) in [6.07, 6.45) is 6.63. The fourth-order valence-corrected chi connectivity index (χ4v) is 3.22. The zero-order valence-corrected chi connectivity index (χ0v) is 13.2. The normalized spacial score (nSPS) is 16.1. The van der Waals surface area contributed by atoms with Gasteiger partial charge in [-0.2, -0.15) is 5.10 Å². The van der Waals surface area contributed by atoms with Crippen LogP contribution >= 0.6 is 0 Å². The molecular weight excluding hydrogens is 250 g/mol. The molecule has 114 valence electrons. The van der Waals surface area contributed by atoms with Gasteiger partial charge in [-0.15, -0.1) is 0 Å². The molecule has 0 saturated heterocycles. The summed E-state index contributed by atoms with van der Waals surface area (Å²) in [5, 5.41) is 8.16. The molecule has 1 fully saturated rings. The zero-order chi connectivity index (χ0) is 14.4. The van der Waals surface area contributed by atoms with Crippen molar-refractivity contribution in [2.75, 3.05) is 26.8 Å². The van der Waals surface area contributed by atoms with Gasteiger partial charge in [-0.05, 0) is 51.1 Å². The summed E-state index contributed by atoms with van der Waals surface area (Å²) >= 11 is 0. The molecule has 0 spiro atoms. The van der Waals surface area contributed by atoms with Crippen LogP contribution in [0.5, 0.6) is 0 Å². The van der Waals surface area contributed by atoms with Gasteiger partial charge < -0.3 is 10.1 Å². The van der Waals surface area contributed by atoms with Crippen molar-refractivity contribution in [3.05, 3.63) is 17.0 Å². The van der Waals surface area contributed by atoms with Crippen LogP contribution in [-0.4, -0.2) is 36.6 Å². The van der Waals surface area contributed by atoms with Crippen molar-refractivity contribution in [1.82, 2.24) is 15.1 Å². The summed E-state index contributed by atoms with van der Waals surface area (Å²) in [4.78, 5) is 0. The van der Waals surface area contributed by atoms with E-state index in [1.54, 1.807) is 7.11 Å². The summed E-state index contributed by atoms with van der Waals surface area (Å²) < 4.78 is 7.29. The Morgan fingerprint density at radius 3 is 2.70 bits per heavy atom. The molecule has 0 aliphatic heterocycles. The third-order valence-corrected chi connectivity index (χ3v) is 4.47. The molecule has 1 aliphatic carbocycles. The summed E-state index contributed by atoms with van der Waals surface area (Å²) in [6, 6.07) is 0. The summed E-state index contributed by atoms with van der Waals surface area (Å²) in [6.45, 7) is 8.18. The van der Waals surface area contributed by atoms with Crippen molar-refractivity contribution in [3.8, 4) is 0 Å². The molecule has 1 aromatic rings. The first-order valence-electron chi connectivity index (χ1n) is 7.95. The maximum Gasteiger partial charge on any atom is 0.0628 e. The van der Waals surface area contributed by atoms with Crippen LogP contribution in [0.4, 0.5) is 0 Å². The second kappa shape index (κ2) is 7.79. The van der Waals surface area contributed by atoms with Crippen molar-refractivity contribution < 1.29 is 4.74 Å². The molecule has 4 heteroatoms. The van der Waals surface area contributed by atoms with Crippen molar-refractivity contribution >= 4 is 0 Å². The first-order valence-corrected chi connectivity index (χ1v) is 7.95. The number of methoxy groups -OCH3 is 1. The lowest BCUT2D eigenvalue weighted by atomic mass is 10.1. The molecule has 1 aromatic heterocycles. The largest absolute Gasteiger partial charge is 0.383 e. The Bertz CT molecular complexity index is 408. The lowest BCUT2D eigenvalue weighted by Gasteiger charge is -2.11. The van der Waals surface area contributed by atoms with Crippen LogP contribution in [0, 0.1) is 19.8 Å². The topological polar surface area (TPSA) is 39.1 Å². The molecule has 1 saturated carbocycles. The average Bonchev–Trinajstić information content (AvgIpc) is 3.02. The number of hydrogen-bond acceptors (Lipinski definition) is 3. The number of hydrogen-bond donors (Lipinski definition) is 1. The van der Waals surface area contributed by atoms with Crippen molar-refractivity contribution in [2.45, 2.75) is 52.5 Å². The number of nitrogens with one attached hydrogen (secondary N) is 1. The van der Waals surface area contributed by atoms with Crippen LogP contribution in [-0.2, 0) is 17.7 Å². The molecule has 1 aliphatic rings. The van der Waals surface area contributed by atoms with Crippen molar-refractivity contribution in [3.63, 3.8) is 0 Å². The van der Waals surface area contributed by atoms with E-state index in [4.69, 9.17) is 9.84 Å². The Labute approximate surface area is 122 Å². The Kier molecular flexibility index (Phi) is 6.05. The minimum Gasteiger partial charge on any atom is -0.383 e. The standard InChI is InChI=1S/C16H29N3O/c1-13-16(8-9-17-10-11-20-3)14(2)19(18-13)12-15-6-4-5-7-15/h15,17H,4-12H2,1-3H3. The first kappa shape index (κ1) is 15.5. The van der Waals surface area contributed by atoms with Crippen LogP contribution in [0.2, 0.25) is 0 Å². The smallest absolute Gasteiger partial charge is 0.0628 e. The van der Waals surface area contributed by atoms with E-state index in [1.165, 1.54) is 42.6 Å². The molecule has 0 atom stereocenters. The maximum atomic E-state index is 5.04. The summed E-state index contributed by atoms with van der Waals surface area (Å²) in [7, 11) is 1.74. The third kappa shape index (κ3) is 4.06. The number of nitrogens with zero attached hydrogens (tertiary/aromatic N) is 2. The summed E-state index contributed by atoms with van der Waals surface area (Å²) in [5.74, 6) is 0.848. The van der Waals surface area contributed by atoms with Gasteiger partial charge in [0.2, 0.25) is 0 Å². The van der Waals surface area contributed by atoms with Gasteiger partial charge in [-0.1, -0.05) is 12.8 Å². The van der Waals surface area contributed by atoms with Gasteiger partial charge in [0.05, 0.1) is 12.3 Å². The average molecular weight is 279 g/mol. The van der Waals surface area contributed by atoms with Gasteiger partial charge in [-0.3, -0.25) is 4.68 Å². The van der Waals surface area contributed by atoms with E-state index in [9.17, 15) is 0 Å². The van der Waals surface area contributed by atoms with Gasteiger partial charge in [0.1, 0.15) is 0 Å². The molecule has 1 N–H and O–H groups in total. The van der Waals surface area contributed by atoms with Gasteiger partial charge in [0.15, 0.2) is 0 Å². The first-order chi connectivity index (χ1) is 9.72. The van der Waals surface area contributed by atoms with Gasteiger partial charge in [-0.25, -0.2) is 0 Å². The molecule has 0 unspecified atom stereocenters. The molecule has 2 rings (SSSR count). The Morgan fingerprint density at radius 2 is 2.00 bits per heavy atom. The second-order valence-corrected chi connectivity index (χ2v) is 5.97. The maximum absolute atomic E-state index is 5.04. The van der Waals surface area contributed by atoms with Crippen molar-refractivity contribution in [1.29, 1.82) is 0 Å². The lowest BCUT2D eigenvalue weighted by Crippen LogP contribution is -2.22. The van der Waals surface area contributed by atoms with Crippen LogP contribution in [0.25, 0.3) is 0 Å². The van der Waals surface area contributed by atoms with Crippen LogP contribution < -0.4 is 5.32 Å². The summed E-state index contributed by atoms with van der Waals surface area (Å²) in [5.41, 5.74) is 3.99. The molecular formula is C16H29N3O. The SMILES string of the molecule is COCCNCCc1c(C)nn(CC2CCCC2)c1C. The number of aryl methyl sites for hydroxylation is 1. The fraction of sp³-hybridized carbons (Fsp3) is 0.812. The Morgan fingerprint density at radius 1 is 1.25 bits per heavy atom. The highest BCUT2D eigenvalue weighted by Gasteiger charge is 2.18. The predicted molar refractivity (Wildman–Crippen MR) is 82.1 cm³/mol. The minimum atomic E-state index is 0.777. The highest BCUT2D eigenvalue weighted by Crippen LogP contribution is 2.27. The number of rotatable bonds is 8. The zero-order valence-electron chi connectivity index (χ0n) is 13.2. The van der Waals surface area contributed by atoms with E-state index in [2.05, 4.69) is 23.8 Å². The Hall–Kier alpha value is -0.870. The van der Waals surface area contributed by atoms with E-state index in [0.717, 1.165) is 38.6 Å². The molecule has 0 amide bonds. The molecule has 0 bridgehead atoms. The highest BCUT2D eigenvalue weighted by molar-refractivity contribution is 5.24. The Balaban J connectivity index is 1.87. The second-order valence-electron chi connectivity index (χ2n) is 5.97. The predicted octanol–water partition coefficient (Wildman–Crippen LogP) is 2.47. The molecule has 0 aromatic carbocycles. The van der Waals surface area contributed by atoms with Crippen LogP contribution in [0.1, 0.15) is 42.6 Å². The fourth-order valence-electron chi connectivity index (χ4n) is 3.22. The van der Waals surface area contributed by atoms with Crippen LogP contribution in [0.3, 0.4) is 0 Å². The molecule has 20 heavy (non-hydrogen) atoms. The lowest BCUT2D eigenvalue weighted by molar-refractivity contribution is 0.199. The monoisotopic (exact) mass is 279 g/mol. The minimum absolute atomic E-state index is 0.777. The van der Waals surface area contributed by atoms with E-state index in [1.807, 2.05) is 0 Å². The van der Waals surface area contributed by atoms with Gasteiger partial charge >= 0.3 is 0 Å². The third-order valence-electron chi connectivity index (χ3n) is 4.47. The number of ether oxygens (including phenoxy) is 1. The van der Waals surface area contributed by atoms with E-state index in [0.29, 0.717) is 0 Å². The molecule has 4 nitrogen and oxygen atoms in total.